The molecule has 1 aromatic rings. The third-order valence-corrected chi connectivity index (χ3v) is 3.46. The van der Waals surface area contributed by atoms with Crippen molar-refractivity contribution in [2.24, 2.45) is 5.41 Å². The van der Waals surface area contributed by atoms with Crippen molar-refractivity contribution in [1.82, 2.24) is 0 Å². The standard InChI is InChI=1S/C14H16O3/c1-14(2,13(16)17)11-5-3-10-8-12(15)6-4-9(10)7-11/h4,6-8,15H,3,5H2,1-2H3,(H,16,17). The van der Waals surface area contributed by atoms with Crippen LogP contribution in [0, 0.1) is 5.41 Å². The predicted octanol–water partition coefficient (Wildman–Crippen LogP) is 2.83. The molecule has 3 heteroatoms. The summed E-state index contributed by atoms with van der Waals surface area (Å²) in [6.07, 6.45) is 3.45. The highest BCUT2D eigenvalue weighted by Gasteiger charge is 2.32. The summed E-state index contributed by atoms with van der Waals surface area (Å²) in [7, 11) is 0. The number of aromatic hydroxyl groups is 1. The van der Waals surface area contributed by atoms with Crippen LogP contribution in [0.25, 0.3) is 6.08 Å². The number of aryl methyl sites for hydroxylation is 1. The molecule has 90 valence electrons. The summed E-state index contributed by atoms with van der Waals surface area (Å²) in [5.41, 5.74) is 2.20. The van der Waals surface area contributed by atoms with Crippen LogP contribution in [0.1, 0.15) is 31.4 Å². The topological polar surface area (TPSA) is 57.5 Å². The van der Waals surface area contributed by atoms with Gasteiger partial charge in [-0.05, 0) is 49.9 Å². The third kappa shape index (κ3) is 2.05. The van der Waals surface area contributed by atoms with E-state index in [-0.39, 0.29) is 5.75 Å². The first kappa shape index (κ1) is 11.7. The van der Waals surface area contributed by atoms with Crippen molar-refractivity contribution in [3.8, 4) is 5.75 Å². The number of carboxylic acids is 1. The van der Waals surface area contributed by atoms with E-state index in [4.69, 9.17) is 0 Å². The van der Waals surface area contributed by atoms with Gasteiger partial charge in [-0.15, -0.1) is 0 Å². The van der Waals surface area contributed by atoms with Gasteiger partial charge in [-0.25, -0.2) is 0 Å². The molecule has 0 heterocycles. The molecule has 0 unspecified atom stereocenters. The Bertz CT molecular complexity index is 498. The van der Waals surface area contributed by atoms with Crippen LogP contribution >= 0.6 is 0 Å². The van der Waals surface area contributed by atoms with E-state index in [1.807, 2.05) is 12.1 Å². The van der Waals surface area contributed by atoms with E-state index in [0.29, 0.717) is 0 Å². The maximum Gasteiger partial charge on any atom is 0.313 e. The molecule has 0 aromatic heterocycles. The van der Waals surface area contributed by atoms with E-state index >= 15 is 0 Å². The minimum absolute atomic E-state index is 0.262. The maximum absolute atomic E-state index is 11.2. The Balaban J connectivity index is 2.42. The van der Waals surface area contributed by atoms with E-state index in [9.17, 15) is 15.0 Å². The highest BCUT2D eigenvalue weighted by atomic mass is 16.4. The van der Waals surface area contributed by atoms with E-state index < -0.39 is 11.4 Å². The molecule has 0 radical (unpaired) electrons. The molecule has 2 rings (SSSR count). The summed E-state index contributed by atoms with van der Waals surface area (Å²) in [4.78, 5) is 11.2. The number of fused-ring (bicyclic) bond motifs is 1. The van der Waals surface area contributed by atoms with Gasteiger partial charge in [0, 0.05) is 0 Å². The van der Waals surface area contributed by atoms with Crippen LogP contribution in [0.15, 0.2) is 23.8 Å². The Morgan fingerprint density at radius 2 is 2.00 bits per heavy atom. The van der Waals surface area contributed by atoms with Crippen LogP contribution in [-0.4, -0.2) is 16.2 Å². The molecule has 0 spiro atoms. The van der Waals surface area contributed by atoms with Gasteiger partial charge in [0.15, 0.2) is 0 Å². The molecule has 2 N–H and O–H groups in total. The van der Waals surface area contributed by atoms with Gasteiger partial charge in [-0.3, -0.25) is 4.79 Å². The van der Waals surface area contributed by atoms with Crippen molar-refractivity contribution in [1.29, 1.82) is 0 Å². The molecule has 0 aliphatic heterocycles. The van der Waals surface area contributed by atoms with Crippen LogP contribution in [0.3, 0.4) is 0 Å². The van der Waals surface area contributed by atoms with Crippen LogP contribution in [0.4, 0.5) is 0 Å². The molecule has 0 amide bonds. The maximum atomic E-state index is 11.2. The first-order chi connectivity index (χ1) is 7.91. The number of aliphatic carboxylic acids is 1. The summed E-state index contributed by atoms with van der Waals surface area (Å²) in [6, 6.07) is 5.21. The quantitative estimate of drug-likeness (QED) is 0.824. The molecule has 0 atom stereocenters. The Hall–Kier alpha value is -1.77. The van der Waals surface area contributed by atoms with Gasteiger partial charge in [-0.2, -0.15) is 0 Å². The SMILES string of the molecule is CC(C)(C(=O)O)C1=Cc2ccc(O)cc2CC1. The lowest BCUT2D eigenvalue weighted by Crippen LogP contribution is -2.27. The summed E-state index contributed by atoms with van der Waals surface area (Å²) in [5.74, 6) is -0.538. The first-order valence-corrected chi connectivity index (χ1v) is 5.67. The predicted molar refractivity (Wildman–Crippen MR) is 65.8 cm³/mol. The molecule has 3 nitrogen and oxygen atoms in total. The molecule has 0 saturated carbocycles. The second kappa shape index (κ2) is 3.91. The van der Waals surface area contributed by atoms with Crippen molar-refractivity contribution in [3.63, 3.8) is 0 Å². The summed E-state index contributed by atoms with van der Waals surface area (Å²) in [6.45, 7) is 3.46. The third-order valence-electron chi connectivity index (χ3n) is 3.46. The largest absolute Gasteiger partial charge is 0.508 e. The zero-order valence-electron chi connectivity index (χ0n) is 10.0. The van der Waals surface area contributed by atoms with E-state index in [1.165, 1.54) is 0 Å². The molecule has 1 aliphatic rings. The minimum Gasteiger partial charge on any atom is -0.508 e. The molecule has 0 fully saturated rings. The van der Waals surface area contributed by atoms with E-state index in [0.717, 1.165) is 29.5 Å². The Morgan fingerprint density at radius 3 is 2.65 bits per heavy atom. The van der Waals surface area contributed by atoms with E-state index in [2.05, 4.69) is 0 Å². The number of hydrogen-bond acceptors (Lipinski definition) is 2. The number of rotatable bonds is 2. The van der Waals surface area contributed by atoms with Crippen molar-refractivity contribution in [2.75, 3.05) is 0 Å². The van der Waals surface area contributed by atoms with Crippen LogP contribution in [0.5, 0.6) is 5.75 Å². The Kier molecular flexibility index (Phi) is 2.69. The summed E-state index contributed by atoms with van der Waals surface area (Å²) < 4.78 is 0. The first-order valence-electron chi connectivity index (χ1n) is 5.67. The van der Waals surface area contributed by atoms with Gasteiger partial charge in [0.25, 0.3) is 0 Å². The van der Waals surface area contributed by atoms with Crippen LogP contribution in [-0.2, 0) is 11.2 Å². The smallest absolute Gasteiger partial charge is 0.313 e. The molecule has 17 heavy (non-hydrogen) atoms. The summed E-state index contributed by atoms with van der Waals surface area (Å²) in [5, 5.41) is 18.6. The number of phenolic OH excluding ortho intramolecular Hbond substituents is 1. The lowest BCUT2D eigenvalue weighted by atomic mass is 9.77. The number of carboxylic acid groups (broad SMARTS) is 1. The minimum atomic E-state index is -0.824. The Labute approximate surface area is 100 Å². The summed E-state index contributed by atoms with van der Waals surface area (Å²) >= 11 is 0. The number of carbonyl (C=O) groups is 1. The second-order valence-electron chi connectivity index (χ2n) is 4.98. The van der Waals surface area contributed by atoms with Crippen molar-refractivity contribution >= 4 is 12.0 Å². The number of phenols is 1. The lowest BCUT2D eigenvalue weighted by molar-refractivity contribution is -0.144. The molecule has 1 aliphatic carbocycles. The highest BCUT2D eigenvalue weighted by molar-refractivity contribution is 5.80. The fraction of sp³-hybridized carbons (Fsp3) is 0.357. The fourth-order valence-corrected chi connectivity index (χ4v) is 2.11. The fourth-order valence-electron chi connectivity index (χ4n) is 2.11. The zero-order chi connectivity index (χ0) is 12.6. The molecular weight excluding hydrogens is 216 g/mol. The molecule has 0 bridgehead atoms. The van der Waals surface area contributed by atoms with Crippen LogP contribution in [0.2, 0.25) is 0 Å². The van der Waals surface area contributed by atoms with Gasteiger partial charge >= 0.3 is 5.97 Å². The average Bonchev–Trinajstić information content (AvgIpc) is 2.28. The van der Waals surface area contributed by atoms with Gasteiger partial charge in [0.2, 0.25) is 0 Å². The van der Waals surface area contributed by atoms with Gasteiger partial charge in [0.05, 0.1) is 5.41 Å². The molecular formula is C14H16O3. The number of benzene rings is 1. The monoisotopic (exact) mass is 232 g/mol. The zero-order valence-corrected chi connectivity index (χ0v) is 10.0. The van der Waals surface area contributed by atoms with Crippen molar-refractivity contribution < 1.29 is 15.0 Å². The van der Waals surface area contributed by atoms with Gasteiger partial charge < -0.3 is 10.2 Å². The average molecular weight is 232 g/mol. The van der Waals surface area contributed by atoms with Gasteiger partial charge in [-0.1, -0.05) is 17.7 Å². The van der Waals surface area contributed by atoms with Crippen LogP contribution < -0.4 is 0 Å². The number of hydrogen-bond donors (Lipinski definition) is 2. The van der Waals surface area contributed by atoms with Crippen molar-refractivity contribution in [2.45, 2.75) is 26.7 Å². The second-order valence-corrected chi connectivity index (χ2v) is 4.98. The Morgan fingerprint density at radius 1 is 1.29 bits per heavy atom. The highest BCUT2D eigenvalue weighted by Crippen LogP contribution is 2.36. The molecule has 1 aromatic carbocycles. The molecule has 0 saturated heterocycles. The van der Waals surface area contributed by atoms with Gasteiger partial charge in [0.1, 0.15) is 5.75 Å². The lowest BCUT2D eigenvalue weighted by Gasteiger charge is -2.27. The normalized spacial score (nSPS) is 15.1. The van der Waals surface area contributed by atoms with E-state index in [1.54, 1.807) is 26.0 Å². The van der Waals surface area contributed by atoms with Crippen molar-refractivity contribution in [3.05, 3.63) is 34.9 Å².